The number of hydrogen-bond acceptors (Lipinski definition) is 4. The van der Waals surface area contributed by atoms with E-state index in [9.17, 15) is 0 Å². The van der Waals surface area contributed by atoms with Crippen LogP contribution in [0.4, 0.5) is 0 Å². The van der Waals surface area contributed by atoms with E-state index in [-0.39, 0.29) is 5.92 Å². The van der Waals surface area contributed by atoms with Crippen LogP contribution in [0.3, 0.4) is 0 Å². The van der Waals surface area contributed by atoms with Gasteiger partial charge in [-0.1, -0.05) is 20.8 Å². The molecule has 6 heteroatoms. The molecule has 0 aliphatic rings. The average Bonchev–Trinajstić information content (AvgIpc) is 3.18. The number of fused-ring (bicyclic) bond motifs is 2. The molecule has 4 aromatic heterocycles. The third kappa shape index (κ3) is 2.44. The van der Waals surface area contributed by atoms with Gasteiger partial charge in [-0.15, -0.1) is 0 Å². The summed E-state index contributed by atoms with van der Waals surface area (Å²) in [4.78, 5) is 8.76. The standard InChI is InChI=1S/C18H20N6/c1-10(2)17-14-8-20-12(7-15(14)21-23-17)6-11(3)18-13-4-5-19-9-16(13)22-24-18/h4-5,7-11H,6H2,1-3H3,(H,21,23)(H,22,24). The zero-order valence-electron chi connectivity index (χ0n) is 14.0. The van der Waals surface area contributed by atoms with Crippen molar-refractivity contribution in [2.45, 2.75) is 39.0 Å². The summed E-state index contributed by atoms with van der Waals surface area (Å²) >= 11 is 0. The molecule has 0 spiro atoms. The van der Waals surface area contributed by atoms with Gasteiger partial charge >= 0.3 is 0 Å². The molecule has 0 fully saturated rings. The predicted octanol–water partition coefficient (Wildman–Crippen LogP) is 3.70. The van der Waals surface area contributed by atoms with Crippen molar-refractivity contribution in [3.05, 3.63) is 47.8 Å². The quantitative estimate of drug-likeness (QED) is 0.600. The molecular formula is C18H20N6. The Labute approximate surface area is 139 Å². The maximum Gasteiger partial charge on any atom is 0.111 e. The molecule has 0 aliphatic heterocycles. The number of rotatable bonds is 4. The molecule has 2 N–H and O–H groups in total. The molecule has 1 atom stereocenters. The highest BCUT2D eigenvalue weighted by atomic mass is 15.1. The Kier molecular flexibility index (Phi) is 3.52. The second kappa shape index (κ2) is 5.70. The maximum absolute atomic E-state index is 4.65. The highest BCUT2D eigenvalue weighted by Crippen LogP contribution is 2.27. The van der Waals surface area contributed by atoms with Crippen LogP contribution < -0.4 is 0 Å². The summed E-state index contributed by atoms with van der Waals surface area (Å²) in [6, 6.07) is 4.08. The van der Waals surface area contributed by atoms with Crippen molar-refractivity contribution in [1.82, 2.24) is 30.4 Å². The highest BCUT2D eigenvalue weighted by Gasteiger charge is 2.15. The molecule has 4 heterocycles. The normalized spacial score (nSPS) is 13.2. The van der Waals surface area contributed by atoms with Crippen LogP contribution in [0, 0.1) is 0 Å². The molecule has 0 saturated carbocycles. The van der Waals surface area contributed by atoms with Gasteiger partial charge in [0.2, 0.25) is 0 Å². The van der Waals surface area contributed by atoms with E-state index in [1.165, 1.54) is 0 Å². The van der Waals surface area contributed by atoms with Crippen molar-refractivity contribution in [2.75, 3.05) is 0 Å². The topological polar surface area (TPSA) is 83.1 Å². The molecule has 0 bridgehead atoms. The fourth-order valence-electron chi connectivity index (χ4n) is 3.19. The van der Waals surface area contributed by atoms with E-state index >= 15 is 0 Å². The Bertz CT molecular complexity index is 997. The molecule has 0 aromatic carbocycles. The van der Waals surface area contributed by atoms with Gasteiger partial charge < -0.3 is 0 Å². The Morgan fingerprint density at radius 3 is 2.58 bits per heavy atom. The maximum atomic E-state index is 4.65. The minimum absolute atomic E-state index is 0.283. The largest absolute Gasteiger partial charge is 0.281 e. The lowest BCUT2D eigenvalue weighted by Crippen LogP contribution is -2.01. The summed E-state index contributed by atoms with van der Waals surface area (Å²) in [6.45, 7) is 6.49. The second-order valence-electron chi connectivity index (χ2n) is 6.62. The average molecular weight is 320 g/mol. The Hall–Kier alpha value is -2.76. The lowest BCUT2D eigenvalue weighted by molar-refractivity contribution is 0.716. The minimum Gasteiger partial charge on any atom is -0.281 e. The van der Waals surface area contributed by atoms with E-state index in [2.05, 4.69) is 57.2 Å². The van der Waals surface area contributed by atoms with Gasteiger partial charge in [-0.05, 0) is 24.5 Å². The molecule has 4 rings (SSSR count). The van der Waals surface area contributed by atoms with Crippen LogP contribution in [-0.4, -0.2) is 30.4 Å². The van der Waals surface area contributed by atoms with Crippen molar-refractivity contribution in [1.29, 1.82) is 0 Å². The van der Waals surface area contributed by atoms with Crippen LogP contribution in [0.25, 0.3) is 21.8 Å². The van der Waals surface area contributed by atoms with Crippen molar-refractivity contribution in [3.8, 4) is 0 Å². The lowest BCUT2D eigenvalue weighted by Gasteiger charge is -2.09. The fraction of sp³-hybridized carbons (Fsp3) is 0.333. The Balaban J connectivity index is 1.64. The van der Waals surface area contributed by atoms with Crippen LogP contribution in [0.5, 0.6) is 0 Å². The van der Waals surface area contributed by atoms with Crippen molar-refractivity contribution < 1.29 is 0 Å². The van der Waals surface area contributed by atoms with Crippen molar-refractivity contribution in [2.24, 2.45) is 0 Å². The third-order valence-electron chi connectivity index (χ3n) is 4.50. The first-order valence-corrected chi connectivity index (χ1v) is 8.24. The van der Waals surface area contributed by atoms with Crippen LogP contribution in [0.1, 0.15) is 49.7 Å². The summed E-state index contributed by atoms with van der Waals surface area (Å²) in [7, 11) is 0. The fourth-order valence-corrected chi connectivity index (χ4v) is 3.19. The summed E-state index contributed by atoms with van der Waals surface area (Å²) in [5.74, 6) is 0.692. The summed E-state index contributed by atoms with van der Waals surface area (Å²) < 4.78 is 0. The van der Waals surface area contributed by atoms with Gasteiger partial charge in [0, 0.05) is 46.2 Å². The lowest BCUT2D eigenvalue weighted by atomic mass is 9.98. The summed E-state index contributed by atoms with van der Waals surface area (Å²) in [5, 5.41) is 17.3. The van der Waals surface area contributed by atoms with E-state index in [1.54, 1.807) is 12.4 Å². The number of aromatic amines is 2. The molecule has 4 aromatic rings. The van der Waals surface area contributed by atoms with Crippen LogP contribution >= 0.6 is 0 Å². The monoisotopic (exact) mass is 320 g/mol. The molecule has 24 heavy (non-hydrogen) atoms. The van der Waals surface area contributed by atoms with Crippen LogP contribution in [-0.2, 0) is 6.42 Å². The van der Waals surface area contributed by atoms with Gasteiger partial charge in [0.1, 0.15) is 5.52 Å². The molecular weight excluding hydrogens is 300 g/mol. The number of pyridine rings is 2. The zero-order chi connectivity index (χ0) is 16.7. The number of aromatic nitrogens is 6. The molecule has 0 amide bonds. The van der Waals surface area contributed by atoms with E-state index in [1.807, 2.05) is 12.3 Å². The Morgan fingerprint density at radius 2 is 1.75 bits per heavy atom. The SMILES string of the molecule is CC(C)c1[nH]nc2cc(CC(C)c3[nH]nc4cnccc34)ncc12. The summed E-state index contributed by atoms with van der Waals surface area (Å²) in [5.41, 5.74) is 5.18. The molecule has 0 saturated heterocycles. The molecule has 0 radical (unpaired) electrons. The second-order valence-corrected chi connectivity index (χ2v) is 6.62. The Morgan fingerprint density at radius 1 is 0.958 bits per heavy atom. The number of hydrogen-bond donors (Lipinski definition) is 2. The van der Waals surface area contributed by atoms with E-state index in [0.29, 0.717) is 5.92 Å². The number of nitrogens with zero attached hydrogens (tertiary/aromatic N) is 4. The first-order valence-electron chi connectivity index (χ1n) is 8.24. The number of nitrogens with one attached hydrogen (secondary N) is 2. The molecule has 0 aliphatic carbocycles. The van der Waals surface area contributed by atoms with Gasteiger partial charge in [-0.2, -0.15) is 10.2 Å². The van der Waals surface area contributed by atoms with E-state index < -0.39 is 0 Å². The van der Waals surface area contributed by atoms with Gasteiger partial charge in [0.15, 0.2) is 0 Å². The van der Waals surface area contributed by atoms with Crippen LogP contribution in [0.15, 0.2) is 30.7 Å². The van der Waals surface area contributed by atoms with Gasteiger partial charge in [0.25, 0.3) is 0 Å². The highest BCUT2D eigenvalue weighted by molar-refractivity contribution is 5.82. The molecule has 122 valence electrons. The van der Waals surface area contributed by atoms with Crippen molar-refractivity contribution >= 4 is 21.8 Å². The third-order valence-corrected chi connectivity index (χ3v) is 4.50. The molecule has 6 nitrogen and oxygen atoms in total. The van der Waals surface area contributed by atoms with Crippen LogP contribution in [0.2, 0.25) is 0 Å². The number of H-pyrrole nitrogens is 2. The van der Waals surface area contributed by atoms with Crippen molar-refractivity contribution in [3.63, 3.8) is 0 Å². The first-order chi connectivity index (χ1) is 11.6. The first kappa shape index (κ1) is 14.8. The van der Waals surface area contributed by atoms with Gasteiger partial charge in [-0.25, -0.2) is 0 Å². The zero-order valence-corrected chi connectivity index (χ0v) is 14.0. The predicted molar refractivity (Wildman–Crippen MR) is 94.0 cm³/mol. The summed E-state index contributed by atoms with van der Waals surface area (Å²) in [6.07, 6.45) is 6.35. The molecule has 1 unspecified atom stereocenters. The minimum atomic E-state index is 0.283. The van der Waals surface area contributed by atoms with Gasteiger partial charge in [0.05, 0.1) is 11.7 Å². The smallest absolute Gasteiger partial charge is 0.111 e. The van der Waals surface area contributed by atoms with E-state index in [0.717, 1.165) is 45.3 Å². The van der Waals surface area contributed by atoms with E-state index in [4.69, 9.17) is 0 Å². The van der Waals surface area contributed by atoms with Gasteiger partial charge in [-0.3, -0.25) is 20.2 Å².